The summed E-state index contributed by atoms with van der Waals surface area (Å²) < 4.78 is 7.25. The van der Waals surface area contributed by atoms with Crippen molar-refractivity contribution in [3.8, 4) is 11.8 Å². The molecule has 0 unspecified atom stereocenters. The number of nitriles is 1. The Balaban J connectivity index is 1.97. The van der Waals surface area contributed by atoms with Crippen LogP contribution in [0.5, 0.6) is 5.75 Å². The van der Waals surface area contributed by atoms with Gasteiger partial charge >= 0.3 is 0 Å². The molecule has 0 saturated heterocycles. The molecule has 0 fully saturated rings. The number of hydrogen-bond acceptors (Lipinski definition) is 3. The topological polar surface area (TPSA) is 50.8 Å². The quantitative estimate of drug-likeness (QED) is 0.782. The molecule has 0 aliphatic rings. The van der Waals surface area contributed by atoms with E-state index in [2.05, 4.69) is 11.2 Å². The van der Waals surface area contributed by atoms with Crippen LogP contribution in [0.4, 0.5) is 0 Å². The van der Waals surface area contributed by atoms with Crippen LogP contribution >= 0.6 is 0 Å². The van der Waals surface area contributed by atoms with Gasteiger partial charge in [0.05, 0.1) is 17.3 Å². The van der Waals surface area contributed by atoms with Crippen molar-refractivity contribution in [3.63, 3.8) is 0 Å². The number of hydrogen-bond donors (Lipinski definition) is 0. The maximum atomic E-state index is 8.64. The van der Waals surface area contributed by atoms with Crippen molar-refractivity contribution in [3.05, 3.63) is 47.8 Å². The van der Waals surface area contributed by atoms with Gasteiger partial charge in [-0.3, -0.25) is 4.68 Å². The SMILES string of the molecule is Cn1ccc(COc2ccc(C#N)cc2)n1. The van der Waals surface area contributed by atoms with Crippen molar-refractivity contribution >= 4 is 0 Å². The number of benzene rings is 1. The smallest absolute Gasteiger partial charge is 0.132 e. The Morgan fingerprint density at radius 3 is 2.62 bits per heavy atom. The van der Waals surface area contributed by atoms with Crippen LogP contribution in [-0.4, -0.2) is 9.78 Å². The molecule has 0 N–H and O–H groups in total. The van der Waals surface area contributed by atoms with Crippen LogP contribution in [0.25, 0.3) is 0 Å². The summed E-state index contributed by atoms with van der Waals surface area (Å²) in [5.74, 6) is 0.740. The van der Waals surface area contributed by atoms with Crippen LogP contribution in [0.1, 0.15) is 11.3 Å². The van der Waals surface area contributed by atoms with Crippen LogP contribution in [-0.2, 0) is 13.7 Å². The second kappa shape index (κ2) is 4.49. The average Bonchev–Trinajstić information content (AvgIpc) is 2.73. The lowest BCUT2D eigenvalue weighted by Gasteiger charge is -2.03. The summed E-state index contributed by atoms with van der Waals surface area (Å²) in [6.07, 6.45) is 1.87. The highest BCUT2D eigenvalue weighted by Gasteiger charge is 1.98. The van der Waals surface area contributed by atoms with E-state index < -0.39 is 0 Å². The number of nitrogens with zero attached hydrogens (tertiary/aromatic N) is 3. The van der Waals surface area contributed by atoms with Gasteiger partial charge in [0.2, 0.25) is 0 Å². The van der Waals surface area contributed by atoms with Crippen molar-refractivity contribution in [2.24, 2.45) is 7.05 Å². The van der Waals surface area contributed by atoms with Gasteiger partial charge in [-0.05, 0) is 30.3 Å². The van der Waals surface area contributed by atoms with Crippen LogP contribution in [0.15, 0.2) is 36.5 Å². The fraction of sp³-hybridized carbons (Fsp3) is 0.167. The molecule has 0 atom stereocenters. The molecule has 4 heteroatoms. The summed E-state index contributed by atoms with van der Waals surface area (Å²) in [5, 5.41) is 12.8. The summed E-state index contributed by atoms with van der Waals surface area (Å²) in [7, 11) is 1.87. The van der Waals surface area contributed by atoms with Gasteiger partial charge in [-0.15, -0.1) is 0 Å². The molecule has 80 valence electrons. The number of aryl methyl sites for hydroxylation is 1. The van der Waals surface area contributed by atoms with Crippen LogP contribution in [0, 0.1) is 11.3 Å². The second-order valence-corrected chi connectivity index (χ2v) is 3.41. The minimum absolute atomic E-state index is 0.437. The minimum atomic E-state index is 0.437. The first-order valence-electron chi connectivity index (χ1n) is 4.89. The third kappa shape index (κ3) is 2.39. The Bertz CT molecular complexity index is 508. The maximum absolute atomic E-state index is 8.64. The first kappa shape index (κ1) is 10.2. The molecule has 2 rings (SSSR count). The molecule has 0 bridgehead atoms. The van der Waals surface area contributed by atoms with Gasteiger partial charge in [-0.2, -0.15) is 10.4 Å². The molecular weight excluding hydrogens is 202 g/mol. The Labute approximate surface area is 93.7 Å². The largest absolute Gasteiger partial charge is 0.487 e. The van der Waals surface area contributed by atoms with Crippen LogP contribution in [0.2, 0.25) is 0 Å². The summed E-state index contributed by atoms with van der Waals surface area (Å²) in [5.41, 5.74) is 1.51. The van der Waals surface area contributed by atoms with E-state index in [1.807, 2.05) is 19.3 Å². The first-order valence-corrected chi connectivity index (χ1v) is 4.89. The Kier molecular flexibility index (Phi) is 2.88. The van der Waals surface area contributed by atoms with E-state index >= 15 is 0 Å². The lowest BCUT2D eigenvalue weighted by atomic mass is 10.2. The summed E-state index contributed by atoms with van der Waals surface area (Å²) >= 11 is 0. The van der Waals surface area contributed by atoms with Gasteiger partial charge < -0.3 is 4.74 Å². The van der Waals surface area contributed by atoms with Gasteiger partial charge in [0.25, 0.3) is 0 Å². The van der Waals surface area contributed by atoms with Gasteiger partial charge in [0.1, 0.15) is 12.4 Å². The molecule has 0 aliphatic heterocycles. The maximum Gasteiger partial charge on any atom is 0.132 e. The molecule has 0 radical (unpaired) electrons. The zero-order valence-corrected chi connectivity index (χ0v) is 8.92. The highest BCUT2D eigenvalue weighted by molar-refractivity contribution is 5.34. The van der Waals surface area contributed by atoms with Gasteiger partial charge in [0.15, 0.2) is 0 Å². The van der Waals surface area contributed by atoms with Gasteiger partial charge in [0, 0.05) is 13.2 Å². The van der Waals surface area contributed by atoms with Crippen LogP contribution in [0.3, 0.4) is 0 Å². The molecule has 2 aromatic rings. The third-order valence-corrected chi connectivity index (χ3v) is 2.14. The number of aromatic nitrogens is 2. The predicted octanol–water partition coefficient (Wildman–Crippen LogP) is 1.87. The van der Waals surface area contributed by atoms with E-state index in [-0.39, 0.29) is 0 Å². The lowest BCUT2D eigenvalue weighted by molar-refractivity contribution is 0.300. The highest BCUT2D eigenvalue weighted by Crippen LogP contribution is 2.13. The van der Waals surface area contributed by atoms with E-state index in [0.717, 1.165) is 11.4 Å². The van der Waals surface area contributed by atoms with Crippen molar-refractivity contribution in [1.29, 1.82) is 5.26 Å². The monoisotopic (exact) mass is 213 g/mol. The standard InChI is InChI=1S/C12H11N3O/c1-15-7-6-11(14-15)9-16-12-4-2-10(8-13)3-5-12/h2-7H,9H2,1H3. The third-order valence-electron chi connectivity index (χ3n) is 2.14. The molecule has 0 saturated carbocycles. The summed E-state index contributed by atoms with van der Waals surface area (Å²) in [6.45, 7) is 0.437. The normalized spacial score (nSPS) is 9.75. The van der Waals surface area contributed by atoms with Gasteiger partial charge in [-0.25, -0.2) is 0 Å². The number of ether oxygens (including phenoxy) is 1. The summed E-state index contributed by atoms with van der Waals surface area (Å²) in [4.78, 5) is 0. The van der Waals surface area contributed by atoms with Crippen molar-refractivity contribution in [2.75, 3.05) is 0 Å². The Hall–Kier alpha value is -2.28. The van der Waals surface area contributed by atoms with E-state index in [4.69, 9.17) is 10.00 Å². The summed E-state index contributed by atoms with van der Waals surface area (Å²) in [6, 6.07) is 11.0. The van der Waals surface area contributed by atoms with Crippen molar-refractivity contribution in [2.45, 2.75) is 6.61 Å². The zero-order chi connectivity index (χ0) is 11.4. The molecule has 1 aromatic heterocycles. The molecular formula is C12H11N3O. The molecule has 1 heterocycles. The fourth-order valence-corrected chi connectivity index (χ4v) is 1.32. The van der Waals surface area contributed by atoms with Gasteiger partial charge in [-0.1, -0.05) is 0 Å². The van der Waals surface area contributed by atoms with E-state index in [1.54, 1.807) is 28.9 Å². The predicted molar refractivity (Wildman–Crippen MR) is 58.7 cm³/mol. The molecule has 1 aromatic carbocycles. The average molecular weight is 213 g/mol. The molecule has 16 heavy (non-hydrogen) atoms. The van der Waals surface area contributed by atoms with E-state index in [9.17, 15) is 0 Å². The van der Waals surface area contributed by atoms with Crippen LogP contribution < -0.4 is 4.74 Å². The van der Waals surface area contributed by atoms with Crippen molar-refractivity contribution in [1.82, 2.24) is 9.78 Å². The Morgan fingerprint density at radius 1 is 1.31 bits per heavy atom. The zero-order valence-electron chi connectivity index (χ0n) is 8.92. The van der Waals surface area contributed by atoms with E-state index in [1.165, 1.54) is 0 Å². The lowest BCUT2D eigenvalue weighted by Crippen LogP contribution is -1.97. The molecule has 0 amide bonds. The fourth-order valence-electron chi connectivity index (χ4n) is 1.32. The minimum Gasteiger partial charge on any atom is -0.487 e. The molecule has 0 aliphatic carbocycles. The van der Waals surface area contributed by atoms with Crippen molar-refractivity contribution < 1.29 is 4.74 Å². The first-order chi connectivity index (χ1) is 7.78. The molecule has 4 nitrogen and oxygen atoms in total. The number of rotatable bonds is 3. The molecule has 0 spiro atoms. The van der Waals surface area contributed by atoms with E-state index in [0.29, 0.717) is 12.2 Å². The Morgan fingerprint density at radius 2 is 2.06 bits per heavy atom. The highest BCUT2D eigenvalue weighted by atomic mass is 16.5. The second-order valence-electron chi connectivity index (χ2n) is 3.41.